The highest BCUT2D eigenvalue weighted by atomic mass is 16.5. The van der Waals surface area contributed by atoms with Gasteiger partial charge < -0.3 is 15.4 Å². The van der Waals surface area contributed by atoms with Gasteiger partial charge in [-0.3, -0.25) is 9.59 Å². The normalized spacial score (nSPS) is 12.2. The third-order valence-electron chi connectivity index (χ3n) is 6.18. The highest BCUT2D eigenvalue weighted by Gasteiger charge is 2.23. The van der Waals surface area contributed by atoms with E-state index in [1.165, 1.54) is 6.92 Å². The second-order valence-corrected chi connectivity index (χ2v) is 10.2. The third kappa shape index (κ3) is 7.89. The van der Waals surface area contributed by atoms with Gasteiger partial charge in [0.05, 0.1) is 7.11 Å². The molecule has 2 aromatic rings. The van der Waals surface area contributed by atoms with E-state index in [-0.39, 0.29) is 23.1 Å². The molecule has 0 saturated heterocycles. The first-order valence-electron chi connectivity index (χ1n) is 12.4. The van der Waals surface area contributed by atoms with Gasteiger partial charge in [-0.2, -0.15) is 0 Å². The van der Waals surface area contributed by atoms with E-state index in [2.05, 4.69) is 50.5 Å². The van der Waals surface area contributed by atoms with Crippen molar-refractivity contribution in [2.45, 2.75) is 91.5 Å². The Hall–Kier alpha value is -2.82. The van der Waals surface area contributed by atoms with Crippen molar-refractivity contribution in [3.63, 3.8) is 0 Å². The highest BCUT2D eigenvalue weighted by Crippen LogP contribution is 2.36. The summed E-state index contributed by atoms with van der Waals surface area (Å²) in [5, 5.41) is 6.03. The van der Waals surface area contributed by atoms with Crippen molar-refractivity contribution in [3.05, 3.63) is 58.7 Å². The van der Waals surface area contributed by atoms with Crippen molar-refractivity contribution in [1.82, 2.24) is 5.32 Å². The number of hydrogen-bond donors (Lipinski definition) is 2. The summed E-state index contributed by atoms with van der Waals surface area (Å²) in [5.74, 6) is 0.881. The van der Waals surface area contributed by atoms with Gasteiger partial charge in [-0.05, 0) is 53.0 Å². The molecule has 5 nitrogen and oxygen atoms in total. The number of para-hydroxylation sites is 1. The van der Waals surface area contributed by atoms with E-state index in [0.29, 0.717) is 13.0 Å². The fourth-order valence-electron chi connectivity index (χ4n) is 4.39. The number of carbonyl (C=O) groups excluding carboxylic acids is 2. The zero-order valence-corrected chi connectivity index (χ0v) is 22.0. The number of benzene rings is 2. The van der Waals surface area contributed by atoms with Gasteiger partial charge in [0.15, 0.2) is 0 Å². The van der Waals surface area contributed by atoms with Crippen LogP contribution in [0.2, 0.25) is 0 Å². The van der Waals surface area contributed by atoms with Crippen molar-refractivity contribution in [2.75, 3.05) is 12.4 Å². The van der Waals surface area contributed by atoms with Crippen LogP contribution >= 0.6 is 0 Å². The summed E-state index contributed by atoms with van der Waals surface area (Å²) in [6.07, 6.45) is 4.69. The Kier molecular flexibility index (Phi) is 10.2. The number of ether oxygens (including phenoxy) is 1. The van der Waals surface area contributed by atoms with Crippen LogP contribution < -0.4 is 15.4 Å². The summed E-state index contributed by atoms with van der Waals surface area (Å²) in [7, 11) is 1.70. The molecule has 0 aliphatic carbocycles. The minimum atomic E-state index is -0.130. The first kappa shape index (κ1) is 27.4. The Balaban J connectivity index is 2.31. The predicted molar refractivity (Wildman–Crippen MR) is 141 cm³/mol. The summed E-state index contributed by atoms with van der Waals surface area (Å²) in [6, 6.07) is 12.2. The van der Waals surface area contributed by atoms with Crippen LogP contribution in [0.15, 0.2) is 36.4 Å². The summed E-state index contributed by atoms with van der Waals surface area (Å²) in [5.41, 5.74) is 4.89. The van der Waals surface area contributed by atoms with Gasteiger partial charge in [-0.25, -0.2) is 0 Å². The molecule has 2 amide bonds. The van der Waals surface area contributed by atoms with Crippen LogP contribution in [0, 0.1) is 6.92 Å². The zero-order chi connectivity index (χ0) is 25.3. The number of hydrogen-bond acceptors (Lipinski definition) is 3. The molecule has 0 radical (unpaired) electrons. The molecule has 0 aliphatic heterocycles. The van der Waals surface area contributed by atoms with Crippen LogP contribution in [0.25, 0.3) is 0 Å². The van der Waals surface area contributed by atoms with Gasteiger partial charge in [-0.1, -0.05) is 77.3 Å². The molecule has 2 rings (SSSR count). The lowest BCUT2D eigenvalue weighted by atomic mass is 9.84. The molecule has 34 heavy (non-hydrogen) atoms. The highest BCUT2D eigenvalue weighted by molar-refractivity contribution is 5.92. The number of nitrogens with one attached hydrogen (secondary N) is 2. The number of rotatable bonds is 11. The fourth-order valence-corrected chi connectivity index (χ4v) is 4.39. The lowest BCUT2D eigenvalue weighted by Crippen LogP contribution is -2.22. The Morgan fingerprint density at radius 1 is 1.09 bits per heavy atom. The average Bonchev–Trinajstić information content (AvgIpc) is 2.76. The van der Waals surface area contributed by atoms with Gasteiger partial charge in [0, 0.05) is 25.6 Å². The van der Waals surface area contributed by atoms with E-state index in [0.717, 1.165) is 59.4 Å². The fraction of sp³-hybridized carbons (Fsp3) is 0.517. The number of anilines is 1. The van der Waals surface area contributed by atoms with E-state index in [1.807, 2.05) is 31.2 Å². The van der Waals surface area contributed by atoms with Gasteiger partial charge in [0.25, 0.3) is 0 Å². The molecule has 0 aliphatic rings. The average molecular weight is 467 g/mol. The molecule has 186 valence electrons. The molecule has 0 heterocycles. The molecule has 0 fully saturated rings. The van der Waals surface area contributed by atoms with Crippen LogP contribution in [-0.2, 0) is 21.5 Å². The topological polar surface area (TPSA) is 67.4 Å². The molecule has 0 aromatic heterocycles. The molecule has 2 aromatic carbocycles. The predicted octanol–water partition coefficient (Wildman–Crippen LogP) is 6.63. The number of amides is 2. The first-order valence-corrected chi connectivity index (χ1v) is 12.4. The third-order valence-corrected chi connectivity index (χ3v) is 6.18. The molecule has 1 atom stereocenters. The molecule has 1 unspecified atom stereocenters. The second kappa shape index (κ2) is 12.6. The van der Waals surface area contributed by atoms with Gasteiger partial charge in [0.2, 0.25) is 11.8 Å². The second-order valence-electron chi connectivity index (χ2n) is 10.2. The molecule has 0 saturated carbocycles. The Morgan fingerprint density at radius 2 is 1.82 bits per heavy atom. The van der Waals surface area contributed by atoms with E-state index >= 15 is 0 Å². The summed E-state index contributed by atoms with van der Waals surface area (Å²) < 4.78 is 5.72. The van der Waals surface area contributed by atoms with Crippen molar-refractivity contribution >= 4 is 17.5 Å². The van der Waals surface area contributed by atoms with Crippen molar-refractivity contribution in [1.29, 1.82) is 0 Å². The molecular formula is C29H42N2O3. The first-order chi connectivity index (χ1) is 16.1. The maximum atomic E-state index is 13.3. The molecule has 2 N–H and O–H groups in total. The standard InChI is InChI=1S/C29H42N2O3/c1-8-9-10-13-23(24-14-11-12-20(2)28(24)34-7)18-27(33)31-26-17-22(19-30-21(3)32)15-16-25(26)29(4,5)6/h11-12,14-17,23H,8-10,13,18-19H2,1-7H3,(H,30,32)(H,31,33). The lowest BCUT2D eigenvalue weighted by molar-refractivity contribution is -0.119. The summed E-state index contributed by atoms with van der Waals surface area (Å²) in [4.78, 5) is 24.7. The maximum absolute atomic E-state index is 13.3. The van der Waals surface area contributed by atoms with E-state index in [9.17, 15) is 9.59 Å². The summed E-state index contributed by atoms with van der Waals surface area (Å²) in [6.45, 7) is 12.6. The summed E-state index contributed by atoms with van der Waals surface area (Å²) >= 11 is 0. The Labute approximate surface area is 205 Å². The van der Waals surface area contributed by atoms with Crippen molar-refractivity contribution < 1.29 is 14.3 Å². The minimum absolute atomic E-state index is 0.00719. The Bertz CT molecular complexity index is 976. The lowest BCUT2D eigenvalue weighted by Gasteiger charge is -2.25. The van der Waals surface area contributed by atoms with Gasteiger partial charge in [0.1, 0.15) is 5.75 Å². The van der Waals surface area contributed by atoms with Gasteiger partial charge >= 0.3 is 0 Å². The van der Waals surface area contributed by atoms with Crippen LogP contribution in [-0.4, -0.2) is 18.9 Å². The quantitative estimate of drug-likeness (QED) is 0.365. The van der Waals surface area contributed by atoms with Crippen LogP contribution in [0.3, 0.4) is 0 Å². The molecule has 0 bridgehead atoms. The SMILES string of the molecule is CCCCCC(CC(=O)Nc1cc(CNC(C)=O)ccc1C(C)(C)C)c1cccc(C)c1OC. The van der Waals surface area contributed by atoms with Crippen molar-refractivity contribution in [3.8, 4) is 5.75 Å². The molecule has 0 spiro atoms. The van der Waals surface area contributed by atoms with Crippen LogP contribution in [0.5, 0.6) is 5.75 Å². The zero-order valence-electron chi connectivity index (χ0n) is 22.0. The number of unbranched alkanes of at least 4 members (excludes halogenated alkanes) is 2. The molecular weight excluding hydrogens is 424 g/mol. The smallest absolute Gasteiger partial charge is 0.224 e. The Morgan fingerprint density at radius 3 is 2.44 bits per heavy atom. The number of methoxy groups -OCH3 is 1. The number of carbonyl (C=O) groups is 2. The largest absolute Gasteiger partial charge is 0.496 e. The molecule has 5 heteroatoms. The number of aryl methyl sites for hydroxylation is 1. The van der Waals surface area contributed by atoms with Crippen molar-refractivity contribution in [2.24, 2.45) is 0 Å². The van der Waals surface area contributed by atoms with Crippen LogP contribution in [0.1, 0.15) is 94.9 Å². The van der Waals surface area contributed by atoms with Crippen LogP contribution in [0.4, 0.5) is 5.69 Å². The van der Waals surface area contributed by atoms with E-state index in [1.54, 1.807) is 7.11 Å². The van der Waals surface area contributed by atoms with E-state index < -0.39 is 0 Å². The monoisotopic (exact) mass is 466 g/mol. The maximum Gasteiger partial charge on any atom is 0.224 e. The van der Waals surface area contributed by atoms with E-state index in [4.69, 9.17) is 4.74 Å². The minimum Gasteiger partial charge on any atom is -0.496 e. The van der Waals surface area contributed by atoms with Gasteiger partial charge in [-0.15, -0.1) is 0 Å².